The number of likely N-dealkylation sites (tertiary alicyclic amines) is 1. The van der Waals surface area contributed by atoms with Gasteiger partial charge < -0.3 is 10.2 Å². The van der Waals surface area contributed by atoms with Crippen LogP contribution in [-0.4, -0.2) is 46.8 Å². The van der Waals surface area contributed by atoms with Gasteiger partial charge in [0.15, 0.2) is 0 Å². The lowest BCUT2D eigenvalue weighted by atomic mass is 9.75. The Balaban J connectivity index is 0.00000208. The molecule has 3 rings (SSSR count). The fourth-order valence-electron chi connectivity index (χ4n) is 3.83. The van der Waals surface area contributed by atoms with Gasteiger partial charge in [-0.15, -0.1) is 12.4 Å². The largest absolute Gasteiger partial charge is 0.337 e. The van der Waals surface area contributed by atoms with Crippen LogP contribution in [0.3, 0.4) is 0 Å². The minimum atomic E-state index is 0. The molecule has 0 spiro atoms. The summed E-state index contributed by atoms with van der Waals surface area (Å²) < 4.78 is 1.97. The van der Waals surface area contributed by atoms with Crippen molar-refractivity contribution in [2.75, 3.05) is 26.2 Å². The average Bonchev–Trinajstić information content (AvgIpc) is 3.04. The Bertz CT molecular complexity index is 537. The quantitative estimate of drug-likeness (QED) is 0.887. The number of amides is 1. The molecule has 1 atom stereocenters. The number of nitrogens with zero attached hydrogens (tertiary/aromatic N) is 3. The molecule has 2 saturated heterocycles. The van der Waals surface area contributed by atoms with Crippen molar-refractivity contribution < 1.29 is 4.79 Å². The first-order chi connectivity index (χ1) is 10.9. The van der Waals surface area contributed by atoms with Crippen molar-refractivity contribution >= 4 is 18.3 Å². The van der Waals surface area contributed by atoms with E-state index >= 15 is 0 Å². The van der Waals surface area contributed by atoms with Crippen molar-refractivity contribution in [2.24, 2.45) is 11.3 Å². The van der Waals surface area contributed by atoms with E-state index < -0.39 is 0 Å². The van der Waals surface area contributed by atoms with Gasteiger partial charge in [-0.1, -0.05) is 20.8 Å². The number of carbonyl (C=O) groups is 1. The fourth-order valence-corrected chi connectivity index (χ4v) is 3.83. The van der Waals surface area contributed by atoms with E-state index in [0.717, 1.165) is 45.4 Å². The summed E-state index contributed by atoms with van der Waals surface area (Å²) in [6.07, 6.45) is 6.48. The molecular weight excluding hydrogens is 324 g/mol. The van der Waals surface area contributed by atoms with Gasteiger partial charge in [-0.2, -0.15) is 5.10 Å². The van der Waals surface area contributed by atoms with E-state index in [1.165, 1.54) is 6.42 Å². The standard InChI is InChI=1S/C18H30N4O.ClH/c1-18(2,3)14-6-10-21(11-7-14)17(23)16-8-12-22(20-16)15-5-4-9-19-13-15;/h8,12,14-15,19H,4-7,9-11,13H2,1-3H3;1H. The zero-order valence-corrected chi connectivity index (χ0v) is 15.9. The molecule has 136 valence electrons. The van der Waals surface area contributed by atoms with Gasteiger partial charge >= 0.3 is 0 Å². The Morgan fingerprint density at radius 3 is 2.54 bits per heavy atom. The Morgan fingerprint density at radius 1 is 1.25 bits per heavy atom. The van der Waals surface area contributed by atoms with Crippen molar-refractivity contribution in [3.05, 3.63) is 18.0 Å². The van der Waals surface area contributed by atoms with E-state index in [1.54, 1.807) is 0 Å². The third kappa shape index (κ3) is 4.31. The number of hydrogen-bond donors (Lipinski definition) is 1. The molecule has 1 aromatic heterocycles. The lowest BCUT2D eigenvalue weighted by Crippen LogP contribution is -2.41. The molecule has 5 nitrogen and oxygen atoms in total. The molecule has 0 aromatic carbocycles. The van der Waals surface area contributed by atoms with Crippen LogP contribution in [0.2, 0.25) is 0 Å². The topological polar surface area (TPSA) is 50.2 Å². The Labute approximate surface area is 151 Å². The molecule has 0 saturated carbocycles. The zero-order chi connectivity index (χ0) is 16.4. The molecule has 24 heavy (non-hydrogen) atoms. The molecule has 2 aliphatic rings. The summed E-state index contributed by atoms with van der Waals surface area (Å²) in [6, 6.07) is 2.27. The number of rotatable bonds is 2. The Morgan fingerprint density at radius 2 is 1.96 bits per heavy atom. The number of hydrogen-bond acceptors (Lipinski definition) is 3. The minimum Gasteiger partial charge on any atom is -0.337 e. The number of aromatic nitrogens is 2. The van der Waals surface area contributed by atoms with Gasteiger partial charge in [-0.3, -0.25) is 9.48 Å². The van der Waals surface area contributed by atoms with Crippen LogP contribution in [-0.2, 0) is 0 Å². The van der Waals surface area contributed by atoms with E-state index in [4.69, 9.17) is 0 Å². The van der Waals surface area contributed by atoms with Crippen LogP contribution >= 0.6 is 12.4 Å². The van der Waals surface area contributed by atoms with Gasteiger partial charge in [0.2, 0.25) is 0 Å². The summed E-state index contributed by atoms with van der Waals surface area (Å²) in [5.74, 6) is 0.803. The molecule has 6 heteroatoms. The summed E-state index contributed by atoms with van der Waals surface area (Å²) in [4.78, 5) is 14.7. The Hall–Kier alpha value is -1.07. The number of piperidine rings is 2. The molecule has 1 N–H and O–H groups in total. The molecule has 1 unspecified atom stereocenters. The number of nitrogens with one attached hydrogen (secondary N) is 1. The molecule has 0 radical (unpaired) electrons. The Kier molecular flexibility index (Phi) is 6.32. The van der Waals surface area contributed by atoms with Crippen molar-refractivity contribution in [2.45, 2.75) is 52.5 Å². The molecular formula is C18H31ClN4O. The second-order valence-corrected chi connectivity index (χ2v) is 8.11. The molecule has 2 aliphatic heterocycles. The third-order valence-electron chi connectivity index (χ3n) is 5.48. The fraction of sp³-hybridized carbons (Fsp3) is 0.778. The van der Waals surface area contributed by atoms with Crippen LogP contribution in [0.1, 0.15) is 63.0 Å². The molecule has 1 aromatic rings. The normalized spacial score (nSPS) is 23.0. The summed E-state index contributed by atoms with van der Waals surface area (Å²) in [5.41, 5.74) is 0.940. The van der Waals surface area contributed by atoms with E-state index in [-0.39, 0.29) is 18.3 Å². The molecule has 0 aliphatic carbocycles. The maximum absolute atomic E-state index is 12.7. The SMILES string of the molecule is CC(C)(C)C1CCN(C(=O)c2ccn(C3CCCNC3)n2)CC1.Cl. The molecule has 1 amide bonds. The highest BCUT2D eigenvalue weighted by molar-refractivity contribution is 5.92. The monoisotopic (exact) mass is 354 g/mol. The molecule has 3 heterocycles. The second kappa shape index (κ2) is 7.87. The first-order valence-corrected chi connectivity index (χ1v) is 9.00. The summed E-state index contributed by atoms with van der Waals surface area (Å²) in [7, 11) is 0. The van der Waals surface area contributed by atoms with Crippen molar-refractivity contribution in [3.8, 4) is 0 Å². The van der Waals surface area contributed by atoms with E-state index in [1.807, 2.05) is 21.8 Å². The van der Waals surface area contributed by atoms with E-state index in [2.05, 4.69) is 31.2 Å². The highest BCUT2D eigenvalue weighted by Gasteiger charge is 2.31. The van der Waals surface area contributed by atoms with Crippen LogP contribution in [0.15, 0.2) is 12.3 Å². The van der Waals surface area contributed by atoms with E-state index in [0.29, 0.717) is 23.1 Å². The maximum atomic E-state index is 12.7. The lowest BCUT2D eigenvalue weighted by Gasteiger charge is -2.38. The van der Waals surface area contributed by atoms with Gasteiger partial charge in [0.1, 0.15) is 5.69 Å². The maximum Gasteiger partial charge on any atom is 0.274 e. The van der Waals surface area contributed by atoms with Crippen LogP contribution in [0.25, 0.3) is 0 Å². The van der Waals surface area contributed by atoms with Gasteiger partial charge in [0.25, 0.3) is 5.91 Å². The lowest BCUT2D eigenvalue weighted by molar-refractivity contribution is 0.0602. The molecule has 2 fully saturated rings. The molecule has 0 bridgehead atoms. The summed E-state index contributed by atoms with van der Waals surface area (Å²) >= 11 is 0. The van der Waals surface area contributed by atoms with Crippen LogP contribution in [0, 0.1) is 11.3 Å². The predicted molar refractivity (Wildman–Crippen MR) is 98.7 cm³/mol. The van der Waals surface area contributed by atoms with Gasteiger partial charge in [-0.05, 0) is 49.6 Å². The van der Waals surface area contributed by atoms with E-state index in [9.17, 15) is 4.79 Å². The number of halogens is 1. The predicted octanol–water partition coefficient (Wildman–Crippen LogP) is 3.13. The van der Waals surface area contributed by atoms with Crippen molar-refractivity contribution in [1.29, 1.82) is 0 Å². The summed E-state index contributed by atoms with van der Waals surface area (Å²) in [6.45, 7) is 10.7. The van der Waals surface area contributed by atoms with Crippen LogP contribution in [0.4, 0.5) is 0 Å². The van der Waals surface area contributed by atoms with Crippen molar-refractivity contribution in [1.82, 2.24) is 20.0 Å². The van der Waals surface area contributed by atoms with Gasteiger partial charge in [0.05, 0.1) is 6.04 Å². The van der Waals surface area contributed by atoms with Crippen LogP contribution in [0.5, 0.6) is 0 Å². The van der Waals surface area contributed by atoms with Crippen LogP contribution < -0.4 is 5.32 Å². The first-order valence-electron chi connectivity index (χ1n) is 9.00. The average molecular weight is 355 g/mol. The highest BCUT2D eigenvalue weighted by atomic mass is 35.5. The van der Waals surface area contributed by atoms with Gasteiger partial charge in [0, 0.05) is 25.8 Å². The third-order valence-corrected chi connectivity index (χ3v) is 5.48. The minimum absolute atomic E-state index is 0. The number of carbonyl (C=O) groups excluding carboxylic acids is 1. The first kappa shape index (κ1) is 19.3. The van der Waals surface area contributed by atoms with Gasteiger partial charge in [-0.25, -0.2) is 0 Å². The highest BCUT2D eigenvalue weighted by Crippen LogP contribution is 2.34. The smallest absolute Gasteiger partial charge is 0.274 e. The van der Waals surface area contributed by atoms with Crippen molar-refractivity contribution in [3.63, 3.8) is 0 Å². The second-order valence-electron chi connectivity index (χ2n) is 8.11. The zero-order valence-electron chi connectivity index (χ0n) is 15.1. The summed E-state index contributed by atoms with van der Waals surface area (Å²) in [5, 5.41) is 7.96.